The maximum absolute atomic E-state index is 12.8. The van der Waals surface area contributed by atoms with Crippen LogP contribution in [-0.2, 0) is 9.47 Å². The highest BCUT2D eigenvalue weighted by molar-refractivity contribution is 5.94. The van der Waals surface area contributed by atoms with Gasteiger partial charge < -0.3 is 29.7 Å². The predicted octanol–water partition coefficient (Wildman–Crippen LogP) is 3.76. The van der Waals surface area contributed by atoms with E-state index in [1.807, 2.05) is 6.07 Å². The molecule has 1 saturated heterocycles. The van der Waals surface area contributed by atoms with E-state index in [0.29, 0.717) is 29.7 Å². The number of aliphatic hydroxyl groups is 2. The van der Waals surface area contributed by atoms with Crippen molar-refractivity contribution in [1.82, 2.24) is 5.32 Å². The molecule has 0 bridgehead atoms. The average Bonchev–Trinajstić information content (AvgIpc) is 2.69. The van der Waals surface area contributed by atoms with Gasteiger partial charge in [0.05, 0.1) is 18.3 Å². The SMILES string of the molecule is CC(C)CCOC(C)(C)CCNC(=O)c1ccc(O[C@@H]2OC[C@H](O)CC2O)c(C2CCC2)c1. The smallest absolute Gasteiger partial charge is 0.251 e. The molecule has 1 unspecified atom stereocenters. The number of hydrogen-bond acceptors (Lipinski definition) is 6. The number of carbonyl (C=O) groups excluding carboxylic acids is 1. The first-order valence-electron chi connectivity index (χ1n) is 12.3. The normalized spacial score (nSPS) is 23.9. The van der Waals surface area contributed by atoms with Gasteiger partial charge in [0.15, 0.2) is 0 Å². The number of hydrogen-bond donors (Lipinski definition) is 3. The largest absolute Gasteiger partial charge is 0.462 e. The second-order valence-electron chi connectivity index (χ2n) is 10.5. The van der Waals surface area contributed by atoms with E-state index in [0.717, 1.165) is 44.3 Å². The standard InChI is InChI=1S/C26H41NO6/c1-17(2)10-13-32-26(3,4)11-12-27-24(30)19-8-9-23(21(14-19)18-6-5-7-18)33-25-22(29)15-20(28)16-31-25/h8-9,14,17-18,20,22,25,28-29H,5-7,10-13,15-16H2,1-4H3,(H,27,30)/t20-,22?,25+/m1/s1. The van der Waals surface area contributed by atoms with E-state index in [9.17, 15) is 15.0 Å². The lowest BCUT2D eigenvalue weighted by Crippen LogP contribution is -2.44. The molecule has 0 spiro atoms. The van der Waals surface area contributed by atoms with Crippen LogP contribution in [-0.4, -0.2) is 60.0 Å². The Morgan fingerprint density at radius 3 is 2.67 bits per heavy atom. The van der Waals surface area contributed by atoms with E-state index in [2.05, 4.69) is 33.0 Å². The topological polar surface area (TPSA) is 97.3 Å². The molecule has 1 aromatic carbocycles. The summed E-state index contributed by atoms with van der Waals surface area (Å²) in [5.41, 5.74) is 1.29. The monoisotopic (exact) mass is 463 g/mol. The Labute approximate surface area is 197 Å². The van der Waals surface area contributed by atoms with Crippen molar-refractivity contribution in [2.45, 2.75) is 96.2 Å². The molecular formula is C26H41NO6. The molecule has 2 aliphatic rings. The summed E-state index contributed by atoms with van der Waals surface area (Å²) >= 11 is 0. The Morgan fingerprint density at radius 2 is 2.03 bits per heavy atom. The number of benzene rings is 1. The lowest BCUT2D eigenvalue weighted by atomic mass is 9.79. The molecule has 186 valence electrons. The molecule has 1 aromatic rings. The molecule has 1 aliphatic carbocycles. The second kappa shape index (κ2) is 11.6. The van der Waals surface area contributed by atoms with Crippen LogP contribution in [0.4, 0.5) is 0 Å². The van der Waals surface area contributed by atoms with Gasteiger partial charge in [-0.15, -0.1) is 0 Å². The summed E-state index contributed by atoms with van der Waals surface area (Å²) in [4.78, 5) is 12.8. The predicted molar refractivity (Wildman–Crippen MR) is 126 cm³/mol. The van der Waals surface area contributed by atoms with Gasteiger partial charge in [-0.3, -0.25) is 4.79 Å². The summed E-state index contributed by atoms with van der Waals surface area (Å²) in [6, 6.07) is 5.45. The summed E-state index contributed by atoms with van der Waals surface area (Å²) in [6.07, 6.45) is 2.85. The lowest BCUT2D eigenvalue weighted by Gasteiger charge is -2.33. The van der Waals surface area contributed by atoms with Crippen molar-refractivity contribution in [1.29, 1.82) is 0 Å². The van der Waals surface area contributed by atoms with Crippen LogP contribution < -0.4 is 10.1 Å². The fourth-order valence-electron chi connectivity index (χ4n) is 4.07. The van der Waals surface area contributed by atoms with Crippen LogP contribution in [0, 0.1) is 5.92 Å². The molecule has 1 amide bonds. The Kier molecular flexibility index (Phi) is 9.16. The Hall–Kier alpha value is -1.67. The van der Waals surface area contributed by atoms with Crippen LogP contribution >= 0.6 is 0 Å². The van der Waals surface area contributed by atoms with Crippen LogP contribution in [0.1, 0.15) is 88.1 Å². The van der Waals surface area contributed by atoms with Crippen molar-refractivity contribution < 1.29 is 29.2 Å². The number of nitrogens with one attached hydrogen (secondary N) is 1. The summed E-state index contributed by atoms with van der Waals surface area (Å²) in [5, 5.41) is 22.9. The Morgan fingerprint density at radius 1 is 1.27 bits per heavy atom. The van der Waals surface area contributed by atoms with Crippen molar-refractivity contribution in [3.05, 3.63) is 29.3 Å². The summed E-state index contributed by atoms with van der Waals surface area (Å²) in [5.74, 6) is 1.47. The molecule has 7 heteroatoms. The van der Waals surface area contributed by atoms with Crippen LogP contribution in [0.2, 0.25) is 0 Å². The van der Waals surface area contributed by atoms with Crippen LogP contribution in [0.15, 0.2) is 18.2 Å². The number of rotatable bonds is 11. The van der Waals surface area contributed by atoms with Crippen molar-refractivity contribution >= 4 is 5.91 Å². The van der Waals surface area contributed by atoms with E-state index < -0.39 is 18.5 Å². The van der Waals surface area contributed by atoms with E-state index in [1.54, 1.807) is 12.1 Å². The molecule has 3 atom stereocenters. The third kappa shape index (κ3) is 7.67. The molecule has 0 radical (unpaired) electrons. The highest BCUT2D eigenvalue weighted by Crippen LogP contribution is 2.42. The Balaban J connectivity index is 1.58. The summed E-state index contributed by atoms with van der Waals surface area (Å²) in [6.45, 7) is 9.87. The maximum atomic E-state index is 12.8. The molecule has 33 heavy (non-hydrogen) atoms. The van der Waals surface area contributed by atoms with E-state index in [-0.39, 0.29) is 24.5 Å². The Bertz CT molecular complexity index is 776. The molecule has 3 N–H and O–H groups in total. The van der Waals surface area contributed by atoms with Crippen molar-refractivity contribution in [3.8, 4) is 5.75 Å². The van der Waals surface area contributed by atoms with E-state index in [1.165, 1.54) is 0 Å². The molecular weight excluding hydrogens is 422 g/mol. The fraction of sp³-hybridized carbons (Fsp3) is 0.731. The molecule has 1 aliphatic heterocycles. The number of amides is 1. The first-order valence-corrected chi connectivity index (χ1v) is 12.3. The molecule has 0 aromatic heterocycles. The minimum absolute atomic E-state index is 0.114. The van der Waals surface area contributed by atoms with E-state index >= 15 is 0 Å². The van der Waals surface area contributed by atoms with Gasteiger partial charge in [0.1, 0.15) is 11.9 Å². The zero-order chi connectivity index (χ0) is 24.0. The van der Waals surface area contributed by atoms with Crippen molar-refractivity contribution in [3.63, 3.8) is 0 Å². The number of carbonyl (C=O) groups is 1. The van der Waals surface area contributed by atoms with Gasteiger partial charge in [-0.05, 0) is 75.1 Å². The quantitative estimate of drug-likeness (QED) is 0.462. The van der Waals surface area contributed by atoms with E-state index in [4.69, 9.17) is 14.2 Å². The van der Waals surface area contributed by atoms with Crippen LogP contribution in [0.5, 0.6) is 5.75 Å². The molecule has 2 fully saturated rings. The van der Waals surface area contributed by atoms with Crippen LogP contribution in [0.3, 0.4) is 0 Å². The first-order chi connectivity index (χ1) is 15.6. The highest BCUT2D eigenvalue weighted by atomic mass is 16.7. The minimum Gasteiger partial charge on any atom is -0.462 e. The maximum Gasteiger partial charge on any atom is 0.251 e. The third-order valence-electron chi connectivity index (χ3n) is 6.54. The zero-order valence-corrected chi connectivity index (χ0v) is 20.5. The number of aliphatic hydroxyl groups excluding tert-OH is 2. The first kappa shape index (κ1) is 25.9. The van der Waals surface area contributed by atoms with Crippen molar-refractivity contribution in [2.75, 3.05) is 19.8 Å². The minimum atomic E-state index is -0.892. The number of ether oxygens (including phenoxy) is 3. The fourth-order valence-corrected chi connectivity index (χ4v) is 4.07. The third-order valence-corrected chi connectivity index (χ3v) is 6.54. The van der Waals surface area contributed by atoms with Crippen molar-refractivity contribution in [2.24, 2.45) is 5.92 Å². The molecule has 1 saturated carbocycles. The summed E-state index contributed by atoms with van der Waals surface area (Å²) in [7, 11) is 0. The molecule has 1 heterocycles. The van der Waals surface area contributed by atoms with Gasteiger partial charge in [0.25, 0.3) is 5.91 Å². The van der Waals surface area contributed by atoms with Gasteiger partial charge in [0.2, 0.25) is 6.29 Å². The highest BCUT2D eigenvalue weighted by Gasteiger charge is 2.32. The zero-order valence-electron chi connectivity index (χ0n) is 20.5. The van der Waals surface area contributed by atoms with Gasteiger partial charge >= 0.3 is 0 Å². The van der Waals surface area contributed by atoms with Gasteiger partial charge in [-0.2, -0.15) is 0 Å². The molecule has 7 nitrogen and oxygen atoms in total. The average molecular weight is 464 g/mol. The summed E-state index contributed by atoms with van der Waals surface area (Å²) < 4.78 is 17.5. The second-order valence-corrected chi connectivity index (χ2v) is 10.5. The van der Waals surface area contributed by atoms with Gasteiger partial charge in [-0.25, -0.2) is 0 Å². The van der Waals surface area contributed by atoms with Gasteiger partial charge in [-0.1, -0.05) is 20.3 Å². The van der Waals surface area contributed by atoms with Gasteiger partial charge in [0, 0.05) is 25.1 Å². The molecule has 3 rings (SSSR count). The lowest BCUT2D eigenvalue weighted by molar-refractivity contribution is -0.199. The van der Waals surface area contributed by atoms with Crippen LogP contribution in [0.25, 0.3) is 0 Å².